The zero-order chi connectivity index (χ0) is 33.3. The molecule has 0 saturated carbocycles. The summed E-state index contributed by atoms with van der Waals surface area (Å²) < 4.78 is 16.5. The van der Waals surface area contributed by atoms with Crippen LogP contribution in [0.15, 0.2) is 78.0 Å². The topological polar surface area (TPSA) is 165 Å². The number of ether oxygens (including phenoxy) is 3. The fourth-order valence-corrected chi connectivity index (χ4v) is 6.85. The van der Waals surface area contributed by atoms with Gasteiger partial charge in [-0.05, 0) is 45.2 Å². The summed E-state index contributed by atoms with van der Waals surface area (Å²) in [6.45, 7) is 1.37. The van der Waals surface area contributed by atoms with Crippen molar-refractivity contribution in [3.63, 3.8) is 0 Å². The normalized spacial score (nSPS) is 12.4. The second kappa shape index (κ2) is 19.5. The molecule has 1 aromatic heterocycles. The maximum absolute atomic E-state index is 12.6. The average Bonchev–Trinajstić information content (AvgIpc) is 3.40. The summed E-state index contributed by atoms with van der Waals surface area (Å²) in [4.78, 5) is 52.4. The number of carbonyl (C=O) groups excluding carboxylic acids is 3. The molecule has 14 heteroatoms. The fourth-order valence-electron chi connectivity index (χ4n) is 4.79. The zero-order valence-corrected chi connectivity index (χ0v) is 27.4. The first-order chi connectivity index (χ1) is 22.9. The van der Waals surface area contributed by atoms with Crippen molar-refractivity contribution in [2.45, 2.75) is 29.8 Å². The van der Waals surface area contributed by atoms with Crippen molar-refractivity contribution in [2.24, 2.45) is 0 Å². The van der Waals surface area contributed by atoms with Gasteiger partial charge in [0.25, 0.3) is 0 Å². The number of pyridine rings is 1. The van der Waals surface area contributed by atoms with Gasteiger partial charge in [0.15, 0.2) is 0 Å². The molecular formula is C33H38N4O8S2. The third kappa shape index (κ3) is 11.9. The van der Waals surface area contributed by atoms with Gasteiger partial charge in [-0.25, -0.2) is 9.78 Å². The van der Waals surface area contributed by atoms with Gasteiger partial charge in [-0.2, -0.15) is 0 Å². The molecular weight excluding hydrogens is 645 g/mol. The number of fused-ring (bicyclic) bond motifs is 3. The van der Waals surface area contributed by atoms with Gasteiger partial charge in [0, 0.05) is 37.4 Å². The monoisotopic (exact) mass is 682 g/mol. The summed E-state index contributed by atoms with van der Waals surface area (Å²) in [5, 5.41) is 17.5. The molecule has 250 valence electrons. The molecule has 12 nitrogen and oxygen atoms in total. The van der Waals surface area contributed by atoms with Crippen LogP contribution in [0.3, 0.4) is 0 Å². The summed E-state index contributed by atoms with van der Waals surface area (Å²) in [5.41, 5.74) is 4.63. The molecule has 1 aliphatic rings. The Bertz CT molecular complexity index is 1430. The minimum atomic E-state index is -1.03. The molecule has 0 bridgehead atoms. The second-order valence-corrected chi connectivity index (χ2v) is 12.7. The average molecular weight is 683 g/mol. The van der Waals surface area contributed by atoms with E-state index in [2.05, 4.69) is 45.2 Å². The second-order valence-electron chi connectivity index (χ2n) is 10.3. The Morgan fingerprint density at radius 2 is 1.49 bits per heavy atom. The standard InChI is InChI=1S/C33H38N4O8S2/c38-29(37-28(32(41)35-15-12-31(39)40)22-46-47-30-11-5-6-14-34-30)13-17-43-19-20-44-18-16-36-33(42)45-21-27-25-9-3-1-7-23(25)24-8-2-4-10-26(24)27/h1-11,14,27-28H,12-13,15-22H2,(H,35,41)(H,36,42)(H,37,38)(H,39,40)/t28-/m0/s1. The van der Waals surface area contributed by atoms with E-state index in [9.17, 15) is 19.2 Å². The van der Waals surface area contributed by atoms with E-state index in [-0.39, 0.29) is 76.5 Å². The van der Waals surface area contributed by atoms with E-state index >= 15 is 0 Å². The summed E-state index contributed by atoms with van der Waals surface area (Å²) in [5.74, 6) is -1.62. The number of carboxylic acid groups (broad SMARTS) is 1. The van der Waals surface area contributed by atoms with Crippen molar-refractivity contribution in [1.29, 1.82) is 0 Å². The summed E-state index contributed by atoms with van der Waals surface area (Å²) in [6, 6.07) is 20.9. The van der Waals surface area contributed by atoms with E-state index in [1.807, 2.05) is 36.4 Å². The Kier molecular flexibility index (Phi) is 14.8. The quantitative estimate of drug-likeness (QED) is 0.101. The van der Waals surface area contributed by atoms with E-state index in [0.717, 1.165) is 16.2 Å². The van der Waals surface area contributed by atoms with Gasteiger partial charge in [-0.1, -0.05) is 65.4 Å². The zero-order valence-electron chi connectivity index (χ0n) is 25.7. The number of aromatic nitrogens is 1. The number of benzene rings is 2. The smallest absolute Gasteiger partial charge is 0.407 e. The van der Waals surface area contributed by atoms with Crippen LogP contribution in [-0.4, -0.2) is 91.9 Å². The number of carboxylic acids is 1. The number of hydrogen-bond acceptors (Lipinski definition) is 10. The molecule has 0 fully saturated rings. The van der Waals surface area contributed by atoms with Crippen molar-refractivity contribution >= 4 is 45.5 Å². The van der Waals surface area contributed by atoms with Crippen LogP contribution in [0.2, 0.25) is 0 Å². The van der Waals surface area contributed by atoms with Crippen molar-refractivity contribution in [2.75, 3.05) is 51.9 Å². The molecule has 47 heavy (non-hydrogen) atoms. The first-order valence-corrected chi connectivity index (χ1v) is 17.5. The predicted molar refractivity (Wildman–Crippen MR) is 179 cm³/mol. The number of amides is 3. The maximum Gasteiger partial charge on any atom is 0.407 e. The molecule has 3 aromatic rings. The minimum absolute atomic E-state index is 0.00873. The number of rotatable bonds is 20. The third-order valence-corrected chi connectivity index (χ3v) is 9.29. The van der Waals surface area contributed by atoms with Crippen molar-refractivity contribution in [3.05, 3.63) is 84.1 Å². The Hall–Kier alpha value is -4.11. The molecule has 1 atom stereocenters. The number of alkyl carbamates (subject to hydrolysis) is 1. The Morgan fingerprint density at radius 1 is 0.809 bits per heavy atom. The molecule has 1 aliphatic carbocycles. The molecule has 4 rings (SSSR count). The molecule has 0 saturated heterocycles. The SMILES string of the molecule is O=C(O)CCNC(=O)[C@H](CSSc1ccccn1)NC(=O)CCOCCOCCNC(=O)OCC1c2ccccc2-c2ccccc21. The highest BCUT2D eigenvalue weighted by molar-refractivity contribution is 8.76. The van der Waals surface area contributed by atoms with Crippen LogP contribution in [0, 0.1) is 0 Å². The van der Waals surface area contributed by atoms with Crippen LogP contribution in [0.5, 0.6) is 0 Å². The van der Waals surface area contributed by atoms with Gasteiger partial charge < -0.3 is 35.3 Å². The van der Waals surface area contributed by atoms with Crippen molar-refractivity contribution < 1.29 is 38.5 Å². The lowest BCUT2D eigenvalue weighted by molar-refractivity contribution is -0.137. The maximum atomic E-state index is 12.6. The Balaban J connectivity index is 1.05. The molecule has 4 N–H and O–H groups in total. The Labute approximate surface area is 281 Å². The lowest BCUT2D eigenvalue weighted by atomic mass is 9.98. The third-order valence-electron chi connectivity index (χ3n) is 7.01. The molecule has 0 radical (unpaired) electrons. The van der Waals surface area contributed by atoms with Crippen molar-refractivity contribution in [3.8, 4) is 11.1 Å². The van der Waals surface area contributed by atoms with Gasteiger partial charge in [-0.15, -0.1) is 0 Å². The van der Waals surface area contributed by atoms with Crippen LogP contribution in [0.4, 0.5) is 4.79 Å². The molecule has 3 amide bonds. The summed E-state index contributed by atoms with van der Waals surface area (Å²) in [7, 11) is 2.72. The van der Waals surface area contributed by atoms with E-state index in [1.165, 1.54) is 32.7 Å². The molecule has 0 aliphatic heterocycles. The highest BCUT2D eigenvalue weighted by atomic mass is 33.1. The molecule has 1 heterocycles. The molecule has 0 spiro atoms. The van der Waals surface area contributed by atoms with Gasteiger partial charge in [0.05, 0.1) is 32.8 Å². The first kappa shape index (κ1) is 35.7. The van der Waals surface area contributed by atoms with Gasteiger partial charge in [0.1, 0.15) is 17.7 Å². The van der Waals surface area contributed by atoms with Gasteiger partial charge in [0.2, 0.25) is 11.8 Å². The van der Waals surface area contributed by atoms with E-state index in [1.54, 1.807) is 12.3 Å². The molecule has 2 aromatic carbocycles. The van der Waals surface area contributed by atoms with Crippen LogP contribution >= 0.6 is 21.6 Å². The predicted octanol–water partition coefficient (Wildman–Crippen LogP) is 3.86. The summed E-state index contributed by atoms with van der Waals surface area (Å²) in [6.07, 6.45) is 0.959. The molecule has 0 unspecified atom stereocenters. The van der Waals surface area contributed by atoms with Gasteiger partial charge >= 0.3 is 12.1 Å². The van der Waals surface area contributed by atoms with Crippen LogP contribution in [-0.2, 0) is 28.6 Å². The lowest BCUT2D eigenvalue weighted by Crippen LogP contribution is -2.48. The minimum Gasteiger partial charge on any atom is -0.481 e. The fraction of sp³-hybridized carbons (Fsp3) is 0.364. The van der Waals surface area contributed by atoms with E-state index in [4.69, 9.17) is 19.3 Å². The number of nitrogens with zero attached hydrogens (tertiary/aromatic N) is 1. The van der Waals surface area contributed by atoms with E-state index in [0.29, 0.717) is 0 Å². The largest absolute Gasteiger partial charge is 0.481 e. The van der Waals surface area contributed by atoms with Crippen LogP contribution < -0.4 is 16.0 Å². The Morgan fingerprint density at radius 3 is 2.17 bits per heavy atom. The van der Waals surface area contributed by atoms with E-state index < -0.39 is 24.0 Å². The highest BCUT2D eigenvalue weighted by Crippen LogP contribution is 2.44. The van der Waals surface area contributed by atoms with Crippen LogP contribution in [0.25, 0.3) is 11.1 Å². The number of hydrogen-bond donors (Lipinski definition) is 4. The van der Waals surface area contributed by atoms with Crippen LogP contribution in [0.1, 0.15) is 29.9 Å². The van der Waals surface area contributed by atoms with Gasteiger partial charge in [-0.3, -0.25) is 14.4 Å². The van der Waals surface area contributed by atoms with Crippen molar-refractivity contribution in [1.82, 2.24) is 20.9 Å². The number of nitrogens with one attached hydrogen (secondary N) is 3. The summed E-state index contributed by atoms with van der Waals surface area (Å²) >= 11 is 0. The highest BCUT2D eigenvalue weighted by Gasteiger charge is 2.29. The lowest BCUT2D eigenvalue weighted by Gasteiger charge is -2.18. The number of aliphatic carboxylic acids is 1. The number of carbonyl (C=O) groups is 4. The first-order valence-electron chi connectivity index (χ1n) is 15.2.